The van der Waals surface area contributed by atoms with E-state index in [1.54, 1.807) is 13.8 Å². The maximum Gasteiger partial charge on any atom is 0.149 e. The smallest absolute Gasteiger partial charge is 0.149 e. The predicted octanol–water partition coefficient (Wildman–Crippen LogP) is 2.16. The van der Waals surface area contributed by atoms with E-state index in [1.165, 1.54) is 6.20 Å². The van der Waals surface area contributed by atoms with Crippen LogP contribution in [0.2, 0.25) is 0 Å². The third-order valence-corrected chi connectivity index (χ3v) is 2.89. The van der Waals surface area contributed by atoms with E-state index in [-0.39, 0.29) is 5.69 Å². The van der Waals surface area contributed by atoms with E-state index >= 15 is 0 Å². The Bertz CT molecular complexity index is 566. The van der Waals surface area contributed by atoms with E-state index in [2.05, 4.69) is 10.3 Å². The summed E-state index contributed by atoms with van der Waals surface area (Å²) in [4.78, 5) is 0. The van der Waals surface area contributed by atoms with Crippen LogP contribution in [0.4, 0.5) is 8.78 Å². The molecule has 0 bridgehead atoms. The first-order chi connectivity index (χ1) is 8.44. The first-order valence-corrected chi connectivity index (χ1v) is 5.54. The second-order valence-corrected chi connectivity index (χ2v) is 4.27. The Hall–Kier alpha value is -1.82. The van der Waals surface area contributed by atoms with Crippen molar-refractivity contribution < 1.29 is 13.9 Å². The van der Waals surface area contributed by atoms with Crippen molar-refractivity contribution in [2.75, 3.05) is 0 Å². The van der Waals surface area contributed by atoms with E-state index in [1.807, 2.05) is 0 Å². The normalized spacial score (nSPS) is 14.5. The summed E-state index contributed by atoms with van der Waals surface area (Å²) in [6.07, 6.45) is 1.83. The number of rotatable bonds is 3. The maximum absolute atomic E-state index is 13.5. The van der Waals surface area contributed by atoms with Crippen LogP contribution in [0, 0.1) is 11.6 Å². The highest BCUT2D eigenvalue weighted by molar-refractivity contribution is 5.33. The largest absolute Gasteiger partial charge is 0.384 e. The molecule has 18 heavy (non-hydrogen) atoms. The zero-order valence-electron chi connectivity index (χ0n) is 10.1. The molecule has 96 valence electrons. The molecule has 0 spiro atoms. The highest BCUT2D eigenvalue weighted by atomic mass is 19.1. The Morgan fingerprint density at radius 1 is 1.39 bits per heavy atom. The van der Waals surface area contributed by atoms with Gasteiger partial charge in [-0.1, -0.05) is 12.1 Å². The lowest BCUT2D eigenvalue weighted by Gasteiger charge is -2.16. The Morgan fingerprint density at radius 2 is 2.11 bits per heavy atom. The van der Waals surface area contributed by atoms with E-state index in [0.29, 0.717) is 12.1 Å². The number of nitrogens with zero attached hydrogens (tertiary/aromatic N) is 3. The summed E-state index contributed by atoms with van der Waals surface area (Å²) in [6.45, 7) is 3.38. The molecule has 0 radical (unpaired) electrons. The first-order valence-electron chi connectivity index (χ1n) is 5.54. The van der Waals surface area contributed by atoms with Gasteiger partial charge < -0.3 is 5.11 Å². The summed E-state index contributed by atoms with van der Waals surface area (Å²) >= 11 is 0. The highest BCUT2D eigenvalue weighted by Gasteiger charge is 2.24. The van der Waals surface area contributed by atoms with E-state index in [4.69, 9.17) is 0 Å². The van der Waals surface area contributed by atoms with Gasteiger partial charge in [0.25, 0.3) is 0 Å². The average molecular weight is 253 g/mol. The predicted molar refractivity (Wildman–Crippen MR) is 61.1 cm³/mol. The molecular formula is C12H13F2N3O. The molecule has 0 aliphatic heterocycles. The molecule has 1 aromatic heterocycles. The van der Waals surface area contributed by atoms with Crippen molar-refractivity contribution in [3.63, 3.8) is 0 Å². The first kappa shape index (κ1) is 12.6. The topological polar surface area (TPSA) is 50.9 Å². The minimum absolute atomic E-state index is 0.0411. The summed E-state index contributed by atoms with van der Waals surface area (Å²) in [5, 5.41) is 17.5. The van der Waals surface area contributed by atoms with Crippen LogP contribution >= 0.6 is 0 Å². The molecule has 1 heterocycles. The summed E-state index contributed by atoms with van der Waals surface area (Å²) in [7, 11) is 0. The van der Waals surface area contributed by atoms with Gasteiger partial charge in [-0.2, -0.15) is 0 Å². The molecule has 0 aliphatic carbocycles. The Balaban J connectivity index is 2.44. The van der Waals surface area contributed by atoms with Crippen LogP contribution in [0.25, 0.3) is 5.69 Å². The van der Waals surface area contributed by atoms with Gasteiger partial charge in [0, 0.05) is 6.07 Å². The molecule has 2 rings (SSSR count). The van der Waals surface area contributed by atoms with Crippen LogP contribution in [-0.4, -0.2) is 20.1 Å². The van der Waals surface area contributed by atoms with Crippen LogP contribution in [0.15, 0.2) is 24.4 Å². The second-order valence-electron chi connectivity index (χ2n) is 4.27. The van der Waals surface area contributed by atoms with E-state index in [9.17, 15) is 13.9 Å². The zero-order valence-corrected chi connectivity index (χ0v) is 10.1. The lowest BCUT2D eigenvalue weighted by molar-refractivity contribution is 0.0484. The van der Waals surface area contributed by atoms with Crippen LogP contribution in [-0.2, 0) is 5.60 Å². The van der Waals surface area contributed by atoms with E-state index < -0.39 is 17.2 Å². The minimum atomic E-state index is -1.14. The van der Waals surface area contributed by atoms with Gasteiger partial charge in [0.15, 0.2) is 0 Å². The Morgan fingerprint density at radius 3 is 2.78 bits per heavy atom. The molecule has 0 aliphatic rings. The summed E-state index contributed by atoms with van der Waals surface area (Å²) in [6, 6.07) is 3.07. The van der Waals surface area contributed by atoms with Crippen molar-refractivity contribution in [1.82, 2.24) is 15.0 Å². The van der Waals surface area contributed by atoms with Gasteiger partial charge in [0.1, 0.15) is 28.6 Å². The molecule has 0 amide bonds. The molecular weight excluding hydrogens is 240 g/mol. The summed E-state index contributed by atoms with van der Waals surface area (Å²) in [5.74, 6) is -1.17. The molecule has 1 atom stereocenters. The van der Waals surface area contributed by atoms with Gasteiger partial charge in [-0.25, -0.2) is 13.5 Å². The number of hydrogen-bond donors (Lipinski definition) is 1. The van der Waals surface area contributed by atoms with Crippen molar-refractivity contribution >= 4 is 0 Å². The molecule has 0 saturated heterocycles. The average Bonchev–Trinajstić information content (AvgIpc) is 2.82. The van der Waals surface area contributed by atoms with Crippen molar-refractivity contribution in [3.05, 3.63) is 41.7 Å². The summed E-state index contributed by atoms with van der Waals surface area (Å²) < 4.78 is 27.7. The molecule has 4 nitrogen and oxygen atoms in total. The highest BCUT2D eigenvalue weighted by Crippen LogP contribution is 2.23. The lowest BCUT2D eigenvalue weighted by Crippen LogP contribution is -2.20. The van der Waals surface area contributed by atoms with Crippen LogP contribution < -0.4 is 0 Å². The molecule has 0 unspecified atom stereocenters. The molecule has 1 N–H and O–H groups in total. The fourth-order valence-electron chi connectivity index (χ4n) is 1.47. The lowest BCUT2D eigenvalue weighted by atomic mass is 10.0. The number of hydrogen-bond acceptors (Lipinski definition) is 3. The number of benzene rings is 1. The van der Waals surface area contributed by atoms with Gasteiger partial charge in [-0.05, 0) is 25.5 Å². The Labute approximate surface area is 103 Å². The number of aromatic nitrogens is 3. The van der Waals surface area contributed by atoms with Gasteiger partial charge in [-0.3, -0.25) is 0 Å². The van der Waals surface area contributed by atoms with Gasteiger partial charge in [0.05, 0.1) is 6.20 Å². The van der Waals surface area contributed by atoms with Crippen molar-refractivity contribution in [3.8, 4) is 5.69 Å². The molecule has 2 aromatic rings. The molecule has 1 aromatic carbocycles. The van der Waals surface area contributed by atoms with Gasteiger partial charge >= 0.3 is 0 Å². The van der Waals surface area contributed by atoms with Crippen molar-refractivity contribution in [1.29, 1.82) is 0 Å². The Kier molecular flexibility index (Phi) is 3.13. The van der Waals surface area contributed by atoms with Gasteiger partial charge in [-0.15, -0.1) is 5.10 Å². The van der Waals surface area contributed by atoms with Gasteiger partial charge in [0.2, 0.25) is 0 Å². The SMILES string of the molecule is CC[C@](C)(O)c1cn(-c2cc(F)ccc2F)nn1. The van der Waals surface area contributed by atoms with Crippen molar-refractivity contribution in [2.45, 2.75) is 25.9 Å². The second kappa shape index (κ2) is 4.45. The quantitative estimate of drug-likeness (QED) is 0.912. The van der Waals surface area contributed by atoms with Crippen molar-refractivity contribution in [2.24, 2.45) is 0 Å². The number of halogens is 2. The monoisotopic (exact) mass is 253 g/mol. The van der Waals surface area contributed by atoms with Crippen LogP contribution in [0.5, 0.6) is 0 Å². The van der Waals surface area contributed by atoms with Crippen LogP contribution in [0.3, 0.4) is 0 Å². The third kappa shape index (κ3) is 2.24. The molecule has 0 saturated carbocycles. The van der Waals surface area contributed by atoms with E-state index in [0.717, 1.165) is 22.9 Å². The fourth-order valence-corrected chi connectivity index (χ4v) is 1.47. The maximum atomic E-state index is 13.5. The number of aliphatic hydroxyl groups is 1. The van der Waals surface area contributed by atoms with Crippen LogP contribution in [0.1, 0.15) is 26.0 Å². The summed E-state index contributed by atoms with van der Waals surface area (Å²) in [5.41, 5.74) is -0.864. The zero-order chi connectivity index (χ0) is 13.3. The minimum Gasteiger partial charge on any atom is -0.384 e. The molecule has 6 heteroatoms. The molecule has 0 fully saturated rings. The fraction of sp³-hybridized carbons (Fsp3) is 0.333. The third-order valence-electron chi connectivity index (χ3n) is 2.89. The standard InChI is InChI=1S/C12H13F2N3O/c1-3-12(2,18)11-7-17(16-15-11)10-6-8(13)4-5-9(10)14/h4-7,18H,3H2,1-2H3/t12-/m0/s1.